The summed E-state index contributed by atoms with van der Waals surface area (Å²) in [4.78, 5) is 15.8. The molecule has 2 aromatic carbocycles. The number of carbonyl (C=O) groups is 1. The van der Waals surface area contributed by atoms with Crippen LogP contribution in [0.2, 0.25) is 0 Å². The van der Waals surface area contributed by atoms with Crippen LogP contribution in [0, 0.1) is 12.8 Å². The first-order chi connectivity index (χ1) is 14.5. The van der Waals surface area contributed by atoms with Gasteiger partial charge in [-0.2, -0.15) is 0 Å². The summed E-state index contributed by atoms with van der Waals surface area (Å²) in [5.41, 5.74) is 3.58. The summed E-state index contributed by atoms with van der Waals surface area (Å²) in [6.07, 6.45) is 3.54. The van der Waals surface area contributed by atoms with Gasteiger partial charge in [0, 0.05) is 23.0 Å². The standard InChI is InChI=1S/C25H35N3OS/c1-19(2)25(29)27-23-7-4-6-22(18-23)21-12-16-28(17-13-21)15-5-14-26-30-24-10-8-20(3)9-11-24/h4,6-11,18-19,21,26H,5,12-17H2,1-3H3,(H,27,29). The van der Waals surface area contributed by atoms with Gasteiger partial charge in [-0.3, -0.25) is 9.52 Å². The van der Waals surface area contributed by atoms with Crippen molar-refractivity contribution in [2.24, 2.45) is 5.92 Å². The van der Waals surface area contributed by atoms with Crippen molar-refractivity contribution in [1.82, 2.24) is 9.62 Å². The summed E-state index contributed by atoms with van der Waals surface area (Å²) < 4.78 is 3.48. The predicted molar refractivity (Wildman–Crippen MR) is 128 cm³/mol. The van der Waals surface area contributed by atoms with Gasteiger partial charge in [0.2, 0.25) is 5.91 Å². The highest BCUT2D eigenvalue weighted by Gasteiger charge is 2.20. The number of rotatable bonds is 9. The van der Waals surface area contributed by atoms with Crippen LogP contribution in [-0.4, -0.2) is 37.0 Å². The second-order valence-electron chi connectivity index (χ2n) is 8.55. The molecule has 3 rings (SSSR count). The van der Waals surface area contributed by atoms with Crippen molar-refractivity contribution in [2.75, 3.05) is 31.5 Å². The Labute approximate surface area is 186 Å². The largest absolute Gasteiger partial charge is 0.326 e. The molecule has 1 aliphatic rings. The first kappa shape index (κ1) is 22.9. The number of carbonyl (C=O) groups excluding carboxylic acids is 1. The summed E-state index contributed by atoms with van der Waals surface area (Å²) in [7, 11) is 0. The molecular formula is C25H35N3OS. The molecule has 0 aliphatic carbocycles. The van der Waals surface area contributed by atoms with Gasteiger partial charge in [0.05, 0.1) is 0 Å². The van der Waals surface area contributed by atoms with Gasteiger partial charge >= 0.3 is 0 Å². The van der Waals surface area contributed by atoms with Crippen LogP contribution in [0.1, 0.15) is 50.2 Å². The fraction of sp³-hybridized carbons (Fsp3) is 0.480. The Hall–Kier alpha value is -1.82. The molecule has 30 heavy (non-hydrogen) atoms. The number of hydrogen-bond acceptors (Lipinski definition) is 4. The highest BCUT2D eigenvalue weighted by atomic mass is 32.2. The monoisotopic (exact) mass is 425 g/mol. The van der Waals surface area contributed by atoms with Crippen LogP contribution in [0.25, 0.3) is 0 Å². The van der Waals surface area contributed by atoms with Gasteiger partial charge in [0.1, 0.15) is 0 Å². The van der Waals surface area contributed by atoms with Crippen LogP contribution in [0.5, 0.6) is 0 Å². The Morgan fingerprint density at radius 3 is 2.57 bits per heavy atom. The molecule has 1 heterocycles. The number of likely N-dealkylation sites (tertiary alicyclic amines) is 1. The molecule has 2 N–H and O–H groups in total. The minimum Gasteiger partial charge on any atom is -0.326 e. The minimum absolute atomic E-state index is 0.00155. The highest BCUT2D eigenvalue weighted by molar-refractivity contribution is 7.97. The van der Waals surface area contributed by atoms with Crippen LogP contribution in [0.15, 0.2) is 53.4 Å². The van der Waals surface area contributed by atoms with Gasteiger partial charge in [0.25, 0.3) is 0 Å². The van der Waals surface area contributed by atoms with Gasteiger partial charge in [-0.05, 0) is 93.5 Å². The van der Waals surface area contributed by atoms with E-state index in [-0.39, 0.29) is 11.8 Å². The quantitative estimate of drug-likeness (QED) is 0.414. The normalized spacial score (nSPS) is 15.5. The number of nitrogens with one attached hydrogen (secondary N) is 2. The molecular weight excluding hydrogens is 390 g/mol. The maximum absolute atomic E-state index is 12.0. The third-order valence-electron chi connectivity index (χ3n) is 5.70. The molecule has 1 amide bonds. The van der Waals surface area contributed by atoms with Crippen molar-refractivity contribution < 1.29 is 4.79 Å². The van der Waals surface area contributed by atoms with Crippen LogP contribution in [0.4, 0.5) is 5.69 Å². The van der Waals surface area contributed by atoms with E-state index in [0.29, 0.717) is 5.92 Å². The number of hydrogen-bond donors (Lipinski definition) is 2. The third-order valence-corrected chi connectivity index (χ3v) is 6.56. The van der Waals surface area contributed by atoms with Crippen LogP contribution < -0.4 is 10.0 Å². The van der Waals surface area contributed by atoms with E-state index < -0.39 is 0 Å². The Kier molecular flexibility index (Phi) is 8.79. The van der Waals surface area contributed by atoms with Crippen molar-refractivity contribution in [3.05, 3.63) is 59.7 Å². The number of benzene rings is 2. The zero-order valence-electron chi connectivity index (χ0n) is 18.5. The lowest BCUT2D eigenvalue weighted by Gasteiger charge is -2.32. The lowest BCUT2D eigenvalue weighted by atomic mass is 9.89. The summed E-state index contributed by atoms with van der Waals surface area (Å²) >= 11 is 1.72. The molecule has 1 saturated heterocycles. The van der Waals surface area contributed by atoms with E-state index in [2.05, 4.69) is 64.3 Å². The summed E-state index contributed by atoms with van der Waals surface area (Å²) in [6.45, 7) is 10.4. The zero-order valence-corrected chi connectivity index (χ0v) is 19.3. The van der Waals surface area contributed by atoms with Crippen molar-refractivity contribution in [1.29, 1.82) is 0 Å². The van der Waals surface area contributed by atoms with E-state index >= 15 is 0 Å². The van der Waals surface area contributed by atoms with Gasteiger partial charge in [-0.1, -0.05) is 43.7 Å². The van der Waals surface area contributed by atoms with E-state index in [1.807, 2.05) is 19.9 Å². The average molecular weight is 426 g/mol. The Bertz CT molecular complexity index is 798. The number of aryl methyl sites for hydroxylation is 1. The van der Waals surface area contributed by atoms with Crippen LogP contribution >= 0.6 is 11.9 Å². The molecule has 0 bridgehead atoms. The first-order valence-corrected chi connectivity index (χ1v) is 11.9. The second-order valence-corrected chi connectivity index (χ2v) is 9.51. The minimum atomic E-state index is 0.00155. The van der Waals surface area contributed by atoms with Gasteiger partial charge in [0.15, 0.2) is 0 Å². The van der Waals surface area contributed by atoms with Crippen LogP contribution in [0.3, 0.4) is 0 Å². The molecule has 1 aliphatic heterocycles. The second kappa shape index (κ2) is 11.5. The Balaban J connectivity index is 1.35. The zero-order chi connectivity index (χ0) is 21.3. The summed E-state index contributed by atoms with van der Waals surface area (Å²) in [6, 6.07) is 17.1. The Morgan fingerprint density at radius 1 is 1.13 bits per heavy atom. The molecule has 0 radical (unpaired) electrons. The first-order valence-electron chi connectivity index (χ1n) is 11.1. The SMILES string of the molecule is Cc1ccc(SNCCCN2CCC(c3cccc(NC(=O)C(C)C)c3)CC2)cc1. The molecule has 162 valence electrons. The third kappa shape index (κ3) is 7.15. The van der Waals surface area contributed by atoms with E-state index in [4.69, 9.17) is 0 Å². The molecule has 5 heteroatoms. The number of amides is 1. The molecule has 1 fully saturated rings. The lowest BCUT2D eigenvalue weighted by molar-refractivity contribution is -0.118. The highest BCUT2D eigenvalue weighted by Crippen LogP contribution is 2.29. The summed E-state index contributed by atoms with van der Waals surface area (Å²) in [5, 5.41) is 3.03. The fourth-order valence-corrected chi connectivity index (χ4v) is 4.45. The maximum Gasteiger partial charge on any atom is 0.226 e. The van der Waals surface area contributed by atoms with Crippen molar-refractivity contribution >= 4 is 23.5 Å². The lowest BCUT2D eigenvalue weighted by Crippen LogP contribution is -2.34. The number of nitrogens with zero attached hydrogens (tertiary/aromatic N) is 1. The molecule has 0 spiro atoms. The molecule has 0 aromatic heterocycles. The molecule has 0 atom stereocenters. The van der Waals surface area contributed by atoms with E-state index in [1.54, 1.807) is 11.9 Å². The molecule has 4 nitrogen and oxygen atoms in total. The predicted octanol–water partition coefficient (Wildman–Crippen LogP) is 5.46. The van der Waals surface area contributed by atoms with Crippen LogP contribution in [-0.2, 0) is 4.79 Å². The van der Waals surface area contributed by atoms with E-state index in [0.717, 1.165) is 31.9 Å². The molecule has 0 saturated carbocycles. The van der Waals surface area contributed by atoms with Gasteiger partial charge in [-0.25, -0.2) is 0 Å². The Morgan fingerprint density at radius 2 is 1.87 bits per heavy atom. The smallest absolute Gasteiger partial charge is 0.226 e. The van der Waals surface area contributed by atoms with Crippen molar-refractivity contribution in [3.8, 4) is 0 Å². The maximum atomic E-state index is 12.0. The van der Waals surface area contributed by atoms with Crippen molar-refractivity contribution in [3.63, 3.8) is 0 Å². The number of anilines is 1. The topological polar surface area (TPSA) is 44.4 Å². The average Bonchev–Trinajstić information content (AvgIpc) is 2.75. The van der Waals surface area contributed by atoms with Crippen molar-refractivity contribution in [2.45, 2.75) is 50.8 Å². The van der Waals surface area contributed by atoms with E-state index in [9.17, 15) is 4.79 Å². The number of piperidine rings is 1. The summed E-state index contributed by atoms with van der Waals surface area (Å²) in [5.74, 6) is 0.671. The fourth-order valence-electron chi connectivity index (χ4n) is 3.76. The molecule has 2 aromatic rings. The van der Waals surface area contributed by atoms with Gasteiger partial charge < -0.3 is 10.2 Å². The van der Waals surface area contributed by atoms with E-state index in [1.165, 1.54) is 35.3 Å². The molecule has 0 unspecified atom stereocenters. The van der Waals surface area contributed by atoms with Gasteiger partial charge in [-0.15, -0.1) is 0 Å².